The second-order valence-corrected chi connectivity index (χ2v) is 21.8. The Labute approximate surface area is 365 Å². The lowest BCUT2D eigenvalue weighted by molar-refractivity contribution is -0.142. The van der Waals surface area contributed by atoms with Gasteiger partial charge in [0.25, 0.3) is 5.91 Å². The van der Waals surface area contributed by atoms with Crippen LogP contribution in [0, 0.1) is 17.8 Å². The van der Waals surface area contributed by atoms with Crippen LogP contribution in [0.25, 0.3) is 10.8 Å². The molecule has 3 N–H and O–H groups in total. The summed E-state index contributed by atoms with van der Waals surface area (Å²) in [4.78, 5) is 65.6. The van der Waals surface area contributed by atoms with Crippen LogP contribution in [0.2, 0.25) is 0 Å². The molecule has 2 aliphatic carbocycles. The molecule has 2 saturated heterocycles. The number of ether oxygens (including phenoxy) is 4. The predicted octanol–water partition coefficient (Wildman–Crippen LogP) is 4.98. The maximum atomic E-state index is 15.0. The number of methoxy groups -OCH3 is 1. The third-order valence-electron chi connectivity index (χ3n) is 13.0. The van der Waals surface area contributed by atoms with Crippen LogP contribution in [0.5, 0.6) is 11.6 Å². The molecule has 2 saturated carbocycles. The molecule has 0 bridgehead atoms. The lowest BCUT2D eigenvalue weighted by atomic mass is 9.88. The number of fused-ring (bicyclic) bond motifs is 3. The highest BCUT2D eigenvalue weighted by Crippen LogP contribution is 2.48. The first kappa shape index (κ1) is 45.4. The van der Waals surface area contributed by atoms with E-state index in [0.29, 0.717) is 55.8 Å². The monoisotopic (exact) mass is 880 g/mol. The first-order valence-electron chi connectivity index (χ1n) is 22.0. The molecule has 2 aromatic rings. The summed E-state index contributed by atoms with van der Waals surface area (Å²) in [6, 6.07) is 3.41. The molecule has 7 rings (SSSR count). The summed E-state index contributed by atoms with van der Waals surface area (Å²) in [5.41, 5.74) is -1.50. The number of allylic oxidation sites excluding steroid dienone is 1. The van der Waals surface area contributed by atoms with Crippen molar-refractivity contribution in [1.82, 2.24) is 25.2 Å². The van der Waals surface area contributed by atoms with E-state index in [4.69, 9.17) is 23.9 Å². The van der Waals surface area contributed by atoms with Gasteiger partial charge < -0.3 is 39.4 Å². The van der Waals surface area contributed by atoms with Crippen molar-refractivity contribution < 1.29 is 46.5 Å². The lowest BCUT2D eigenvalue weighted by Gasteiger charge is -2.37. The molecule has 3 aliphatic heterocycles. The summed E-state index contributed by atoms with van der Waals surface area (Å²) >= 11 is 0. The first-order chi connectivity index (χ1) is 29.1. The maximum absolute atomic E-state index is 15.0. The van der Waals surface area contributed by atoms with E-state index in [2.05, 4.69) is 27.2 Å². The maximum Gasteiger partial charge on any atom is 0.408 e. The topological polar surface area (TPSA) is 195 Å². The van der Waals surface area contributed by atoms with Gasteiger partial charge in [-0.1, -0.05) is 26.0 Å². The fourth-order valence-electron chi connectivity index (χ4n) is 9.22. The van der Waals surface area contributed by atoms with Gasteiger partial charge in [-0.3, -0.25) is 19.1 Å². The number of alkyl carbamates (subject to hydrolysis) is 1. The number of amides is 4. The van der Waals surface area contributed by atoms with Crippen molar-refractivity contribution in [2.75, 3.05) is 31.6 Å². The minimum atomic E-state index is -4.02. The zero-order valence-corrected chi connectivity index (χ0v) is 38.3. The lowest BCUT2D eigenvalue weighted by Crippen LogP contribution is -2.59. The third-order valence-corrected chi connectivity index (χ3v) is 15.2. The zero-order chi connectivity index (χ0) is 44.9. The number of sulfonamides is 1. The number of benzene rings is 1. The highest BCUT2D eigenvalue weighted by Gasteiger charge is 2.63. The van der Waals surface area contributed by atoms with E-state index in [1.807, 2.05) is 51.1 Å². The Kier molecular flexibility index (Phi) is 12.6. The molecule has 1 aromatic carbocycles. The predicted molar refractivity (Wildman–Crippen MR) is 233 cm³/mol. The third kappa shape index (κ3) is 9.63. The number of carbonyl (C=O) groups excluding carboxylic acids is 4. The van der Waals surface area contributed by atoms with Gasteiger partial charge >= 0.3 is 6.09 Å². The molecule has 9 atom stereocenters. The Morgan fingerprint density at radius 2 is 1.73 bits per heavy atom. The Morgan fingerprint density at radius 3 is 2.39 bits per heavy atom. The largest absolute Gasteiger partial charge is 0.497 e. The van der Waals surface area contributed by atoms with Gasteiger partial charge in [0.1, 0.15) is 35.1 Å². The van der Waals surface area contributed by atoms with Crippen LogP contribution in [0.4, 0.5) is 10.5 Å². The van der Waals surface area contributed by atoms with E-state index in [1.165, 1.54) is 4.90 Å². The van der Waals surface area contributed by atoms with Gasteiger partial charge in [0.2, 0.25) is 27.7 Å². The van der Waals surface area contributed by atoms with Crippen molar-refractivity contribution in [3.63, 3.8) is 0 Å². The Bertz CT molecular complexity index is 2200. The summed E-state index contributed by atoms with van der Waals surface area (Å²) < 4.78 is 51.8. The fraction of sp³-hybridized carbons (Fsp3) is 0.667. The molecule has 1 aromatic heterocycles. The second kappa shape index (κ2) is 17.1. The number of carbonyl (C=O) groups is 4. The van der Waals surface area contributed by atoms with Gasteiger partial charge in [0.15, 0.2) is 0 Å². The molecule has 0 radical (unpaired) electrons. The highest BCUT2D eigenvalue weighted by molar-refractivity contribution is 7.91. The van der Waals surface area contributed by atoms with Gasteiger partial charge in [-0.15, -0.1) is 0 Å². The summed E-state index contributed by atoms with van der Waals surface area (Å²) in [5, 5.41) is 7.32. The van der Waals surface area contributed by atoms with Crippen LogP contribution in [0.15, 0.2) is 36.5 Å². The number of morpholine rings is 1. The van der Waals surface area contributed by atoms with Gasteiger partial charge in [0.05, 0.1) is 42.5 Å². The van der Waals surface area contributed by atoms with E-state index in [1.54, 1.807) is 41.0 Å². The number of hydrogen-bond acceptors (Lipinski definition) is 12. The van der Waals surface area contributed by atoms with E-state index >= 15 is 0 Å². The van der Waals surface area contributed by atoms with Crippen molar-refractivity contribution in [3.05, 3.63) is 36.5 Å². The zero-order valence-electron chi connectivity index (χ0n) is 37.5. The molecule has 17 heteroatoms. The Balaban J connectivity index is 1.24. The number of rotatable bonds is 8. The fourth-order valence-corrected chi connectivity index (χ4v) is 10.5. The number of anilines is 1. The molecule has 5 aliphatic rings. The van der Waals surface area contributed by atoms with E-state index in [0.717, 1.165) is 17.5 Å². The first-order valence-corrected chi connectivity index (χ1v) is 23.5. The average molecular weight is 881 g/mol. The molecule has 4 fully saturated rings. The van der Waals surface area contributed by atoms with Crippen LogP contribution in [-0.4, -0.2) is 115 Å². The molecule has 1 unspecified atom stereocenters. The highest BCUT2D eigenvalue weighted by atomic mass is 32.2. The molecular weight excluding hydrogens is 817 g/mol. The summed E-state index contributed by atoms with van der Waals surface area (Å²) in [6.45, 7) is 16.1. The Hall–Kier alpha value is -4.64. The van der Waals surface area contributed by atoms with Crippen molar-refractivity contribution in [2.45, 2.75) is 147 Å². The standard InChI is InChI=1S/C45H64N6O10S/c1-26-12-10-11-13-30-21-45(30,41(54)49-62(56,57)44(8)16-17-44)48-38(52)35-20-32(25-51(35)40(53)37(27(2)18-26)47-42(55)61-43(5,6)7)60-39-33-15-14-31(58-9)19-34(33)36(22-46-39)50-23-28(3)59-29(4)24-50/h11,13-15,19,22,26-30,32,35,37H,10,12,16-18,20-21,23-25H2,1-9H3,(H,47,55)(H,48,52)(H,49,54)/b13-11-/t26-,27-,28-,29+,30?,32-,35+,37+,45-/m1/s1. The Morgan fingerprint density at radius 1 is 1.02 bits per heavy atom. The quantitative estimate of drug-likeness (QED) is 0.302. The van der Waals surface area contributed by atoms with Crippen LogP contribution < -0.4 is 29.7 Å². The molecule has 62 heavy (non-hydrogen) atoms. The molecule has 4 heterocycles. The summed E-state index contributed by atoms with van der Waals surface area (Å²) in [7, 11) is -2.42. The van der Waals surface area contributed by atoms with E-state index < -0.39 is 73.8 Å². The number of pyridine rings is 1. The minimum absolute atomic E-state index is 0.000795. The van der Waals surface area contributed by atoms with Crippen LogP contribution in [-0.2, 0) is 33.9 Å². The number of hydrogen-bond donors (Lipinski definition) is 3. The number of nitrogens with one attached hydrogen (secondary N) is 3. The normalized spacial score (nSPS) is 32.0. The second-order valence-electron chi connectivity index (χ2n) is 19.6. The smallest absolute Gasteiger partial charge is 0.408 e. The molecule has 4 amide bonds. The molecule has 340 valence electrons. The minimum Gasteiger partial charge on any atom is -0.497 e. The average Bonchev–Trinajstić information content (AvgIpc) is 4.07. The van der Waals surface area contributed by atoms with Crippen LogP contribution >= 0.6 is 0 Å². The van der Waals surface area contributed by atoms with Crippen molar-refractivity contribution in [1.29, 1.82) is 0 Å². The number of nitrogens with zero attached hydrogens (tertiary/aromatic N) is 3. The van der Waals surface area contributed by atoms with Crippen molar-refractivity contribution in [3.8, 4) is 11.6 Å². The van der Waals surface area contributed by atoms with Crippen LogP contribution in [0.1, 0.15) is 100 Å². The number of aromatic nitrogens is 1. The van der Waals surface area contributed by atoms with E-state index in [9.17, 15) is 27.6 Å². The van der Waals surface area contributed by atoms with Gasteiger partial charge in [0, 0.05) is 36.2 Å². The van der Waals surface area contributed by atoms with Gasteiger partial charge in [-0.25, -0.2) is 18.2 Å². The van der Waals surface area contributed by atoms with Gasteiger partial charge in [-0.2, -0.15) is 0 Å². The molecule has 16 nitrogen and oxygen atoms in total. The SMILES string of the molecule is COc1ccc2c(O[C@@H]3C[C@H]4C(=O)N[C@]5(C(=O)NS(=O)(=O)C6(C)CC6)CC5/C=C\CC[C@@H](C)C[C@@H](C)[C@H](NC(=O)OC(C)(C)C)C(=O)N4C3)ncc(N3C[C@@H](C)O[C@@H](C)C3)c2c1. The van der Waals surface area contributed by atoms with E-state index in [-0.39, 0.29) is 43.4 Å². The summed E-state index contributed by atoms with van der Waals surface area (Å²) in [5.74, 6) is -1.67. The summed E-state index contributed by atoms with van der Waals surface area (Å²) in [6.07, 6.45) is 7.19. The molecule has 0 spiro atoms. The molecular formula is C45H64N6O10S. The van der Waals surface area contributed by atoms with Gasteiger partial charge in [-0.05, 0) is 110 Å². The van der Waals surface area contributed by atoms with Crippen molar-refractivity contribution >= 4 is 50.3 Å². The van der Waals surface area contributed by atoms with Crippen molar-refractivity contribution in [2.24, 2.45) is 17.8 Å². The van der Waals surface area contributed by atoms with Crippen LogP contribution in [0.3, 0.4) is 0 Å².